The first-order valence-electron chi connectivity index (χ1n) is 6.14. The van der Waals surface area contributed by atoms with Crippen LogP contribution in [-0.2, 0) is 9.84 Å². The molecular weight excluding hydrogens is 242 g/mol. The van der Waals surface area contributed by atoms with Crippen LogP contribution in [0.15, 0.2) is 0 Å². The van der Waals surface area contributed by atoms with Gasteiger partial charge in [-0.05, 0) is 42.7 Å². The Morgan fingerprint density at radius 1 is 1.38 bits per heavy atom. The first kappa shape index (κ1) is 12.7. The van der Waals surface area contributed by atoms with Gasteiger partial charge in [0, 0.05) is 6.04 Å². The Hall–Kier alpha value is 0.260. The van der Waals surface area contributed by atoms with Crippen molar-refractivity contribution < 1.29 is 8.42 Å². The SMILES string of the molecule is CCNC(C1CCSC1)C1CCS(=O)(=O)C1. The second kappa shape index (κ2) is 5.27. The van der Waals surface area contributed by atoms with Crippen LogP contribution in [0.5, 0.6) is 0 Å². The molecule has 0 aromatic carbocycles. The highest BCUT2D eigenvalue weighted by Crippen LogP contribution is 2.33. The van der Waals surface area contributed by atoms with Gasteiger partial charge < -0.3 is 5.32 Å². The quantitative estimate of drug-likeness (QED) is 0.826. The molecule has 3 nitrogen and oxygen atoms in total. The molecule has 2 aliphatic heterocycles. The third kappa shape index (κ3) is 2.93. The molecule has 0 radical (unpaired) electrons. The van der Waals surface area contributed by atoms with Gasteiger partial charge in [0.1, 0.15) is 0 Å². The second-order valence-electron chi connectivity index (χ2n) is 4.87. The van der Waals surface area contributed by atoms with Crippen molar-refractivity contribution in [3.63, 3.8) is 0 Å². The molecular formula is C11H21NO2S2. The molecule has 2 aliphatic rings. The van der Waals surface area contributed by atoms with Gasteiger partial charge in [-0.25, -0.2) is 8.42 Å². The average Bonchev–Trinajstić information content (AvgIpc) is 2.83. The minimum atomic E-state index is -2.74. The summed E-state index contributed by atoms with van der Waals surface area (Å²) in [5.74, 6) is 4.29. The predicted octanol–water partition coefficient (Wildman–Crippen LogP) is 1.15. The summed E-state index contributed by atoms with van der Waals surface area (Å²) in [4.78, 5) is 0. The highest BCUT2D eigenvalue weighted by Gasteiger charge is 2.37. The molecule has 2 fully saturated rings. The fourth-order valence-electron chi connectivity index (χ4n) is 2.90. The molecule has 2 saturated heterocycles. The first-order chi connectivity index (χ1) is 7.62. The smallest absolute Gasteiger partial charge is 0.150 e. The van der Waals surface area contributed by atoms with Gasteiger partial charge in [-0.2, -0.15) is 11.8 Å². The lowest BCUT2D eigenvalue weighted by molar-refractivity contribution is 0.296. The second-order valence-corrected chi connectivity index (χ2v) is 8.25. The van der Waals surface area contributed by atoms with Crippen molar-refractivity contribution in [2.75, 3.05) is 29.6 Å². The molecule has 0 aromatic rings. The van der Waals surface area contributed by atoms with E-state index < -0.39 is 9.84 Å². The maximum atomic E-state index is 11.5. The highest BCUT2D eigenvalue weighted by molar-refractivity contribution is 7.99. The number of sulfone groups is 1. The average molecular weight is 263 g/mol. The van der Waals surface area contributed by atoms with E-state index in [0.717, 1.165) is 13.0 Å². The third-order valence-corrected chi connectivity index (χ3v) is 6.67. The maximum Gasteiger partial charge on any atom is 0.150 e. The van der Waals surface area contributed by atoms with Crippen molar-refractivity contribution in [1.82, 2.24) is 5.32 Å². The van der Waals surface area contributed by atoms with Gasteiger partial charge in [-0.3, -0.25) is 0 Å². The zero-order valence-electron chi connectivity index (χ0n) is 9.81. The van der Waals surface area contributed by atoms with Crippen molar-refractivity contribution >= 4 is 21.6 Å². The first-order valence-corrected chi connectivity index (χ1v) is 9.11. The summed E-state index contributed by atoms with van der Waals surface area (Å²) in [5, 5.41) is 3.53. The fourth-order valence-corrected chi connectivity index (χ4v) is 6.06. The normalized spacial score (nSPS) is 35.3. The molecule has 0 aromatic heterocycles. The minimum Gasteiger partial charge on any atom is -0.314 e. The monoisotopic (exact) mass is 263 g/mol. The summed E-state index contributed by atoms with van der Waals surface area (Å²) >= 11 is 2.01. The molecule has 3 atom stereocenters. The lowest BCUT2D eigenvalue weighted by Crippen LogP contribution is -2.43. The van der Waals surface area contributed by atoms with Crippen LogP contribution in [-0.4, -0.2) is 44.0 Å². The minimum absolute atomic E-state index is 0.355. The number of thioether (sulfide) groups is 1. The van der Waals surface area contributed by atoms with Gasteiger partial charge in [0.05, 0.1) is 11.5 Å². The van der Waals surface area contributed by atoms with Crippen LogP contribution in [0.2, 0.25) is 0 Å². The van der Waals surface area contributed by atoms with E-state index in [2.05, 4.69) is 12.2 Å². The van der Waals surface area contributed by atoms with E-state index in [4.69, 9.17) is 0 Å². The van der Waals surface area contributed by atoms with Crippen molar-refractivity contribution in [2.24, 2.45) is 11.8 Å². The van der Waals surface area contributed by atoms with Gasteiger partial charge in [0.15, 0.2) is 9.84 Å². The van der Waals surface area contributed by atoms with Gasteiger partial charge in [-0.1, -0.05) is 6.92 Å². The number of hydrogen-bond acceptors (Lipinski definition) is 4. The van der Waals surface area contributed by atoms with Crippen LogP contribution in [0.1, 0.15) is 19.8 Å². The van der Waals surface area contributed by atoms with Crippen LogP contribution in [0, 0.1) is 11.8 Å². The molecule has 1 N–H and O–H groups in total. The Morgan fingerprint density at radius 3 is 2.69 bits per heavy atom. The van der Waals surface area contributed by atoms with Crippen LogP contribution in [0.4, 0.5) is 0 Å². The van der Waals surface area contributed by atoms with E-state index in [9.17, 15) is 8.42 Å². The molecule has 2 heterocycles. The summed E-state index contributed by atoms with van der Waals surface area (Å²) in [5.41, 5.74) is 0. The standard InChI is InChI=1S/C11H21NO2S2/c1-2-12-11(9-3-5-15-7-9)10-4-6-16(13,14)8-10/h9-12H,2-8H2,1H3. The van der Waals surface area contributed by atoms with Gasteiger partial charge in [0.2, 0.25) is 0 Å². The van der Waals surface area contributed by atoms with E-state index in [1.807, 2.05) is 11.8 Å². The van der Waals surface area contributed by atoms with Crippen LogP contribution in [0.3, 0.4) is 0 Å². The summed E-state index contributed by atoms with van der Waals surface area (Å²) in [7, 11) is -2.74. The van der Waals surface area contributed by atoms with E-state index in [-0.39, 0.29) is 0 Å². The Labute approximate surface area is 103 Å². The third-order valence-electron chi connectivity index (χ3n) is 3.69. The Kier molecular flexibility index (Phi) is 4.19. The molecule has 16 heavy (non-hydrogen) atoms. The van der Waals surface area contributed by atoms with Crippen LogP contribution < -0.4 is 5.32 Å². The fraction of sp³-hybridized carbons (Fsp3) is 1.00. The summed E-state index contributed by atoms with van der Waals surface area (Å²) in [6.07, 6.45) is 2.11. The number of rotatable bonds is 4. The van der Waals surface area contributed by atoms with Gasteiger partial charge >= 0.3 is 0 Å². The molecule has 0 spiro atoms. The molecule has 0 aliphatic carbocycles. The van der Waals surface area contributed by atoms with Gasteiger partial charge in [-0.15, -0.1) is 0 Å². The summed E-state index contributed by atoms with van der Waals surface area (Å²) in [6, 6.07) is 0.428. The zero-order valence-corrected chi connectivity index (χ0v) is 11.4. The Bertz CT molecular complexity index is 323. The molecule has 0 saturated carbocycles. The lowest BCUT2D eigenvalue weighted by Gasteiger charge is -2.28. The molecule has 0 bridgehead atoms. The topological polar surface area (TPSA) is 46.2 Å². The lowest BCUT2D eigenvalue weighted by atomic mass is 9.87. The van der Waals surface area contributed by atoms with E-state index in [0.29, 0.717) is 29.4 Å². The molecule has 5 heteroatoms. The van der Waals surface area contributed by atoms with Crippen LogP contribution >= 0.6 is 11.8 Å². The van der Waals surface area contributed by atoms with Gasteiger partial charge in [0.25, 0.3) is 0 Å². The largest absolute Gasteiger partial charge is 0.314 e. The van der Waals surface area contributed by atoms with E-state index >= 15 is 0 Å². The van der Waals surface area contributed by atoms with Crippen molar-refractivity contribution in [3.05, 3.63) is 0 Å². The van der Waals surface area contributed by atoms with E-state index in [1.54, 1.807) is 0 Å². The van der Waals surface area contributed by atoms with Crippen molar-refractivity contribution in [1.29, 1.82) is 0 Å². The molecule has 3 unspecified atom stereocenters. The van der Waals surface area contributed by atoms with E-state index in [1.165, 1.54) is 17.9 Å². The number of nitrogens with one attached hydrogen (secondary N) is 1. The number of hydrogen-bond donors (Lipinski definition) is 1. The maximum absolute atomic E-state index is 11.5. The van der Waals surface area contributed by atoms with Crippen molar-refractivity contribution in [2.45, 2.75) is 25.8 Å². The summed E-state index contributed by atoms with van der Waals surface area (Å²) in [6.45, 7) is 3.06. The van der Waals surface area contributed by atoms with Crippen LogP contribution in [0.25, 0.3) is 0 Å². The Morgan fingerprint density at radius 2 is 2.19 bits per heavy atom. The molecule has 2 rings (SSSR count). The zero-order chi connectivity index (χ0) is 11.6. The molecule has 94 valence electrons. The molecule has 0 amide bonds. The predicted molar refractivity (Wildman–Crippen MR) is 69.7 cm³/mol. The van der Waals surface area contributed by atoms with Crippen molar-refractivity contribution in [3.8, 4) is 0 Å². The highest BCUT2D eigenvalue weighted by atomic mass is 32.2. The Balaban J connectivity index is 2.01. The summed E-state index contributed by atoms with van der Waals surface area (Å²) < 4.78 is 23.1.